The van der Waals surface area contributed by atoms with Gasteiger partial charge in [0.05, 0.1) is 22.9 Å². The summed E-state index contributed by atoms with van der Waals surface area (Å²) >= 11 is 0. The summed E-state index contributed by atoms with van der Waals surface area (Å²) in [6.07, 6.45) is 3.22. The van der Waals surface area contributed by atoms with E-state index in [2.05, 4.69) is 15.2 Å². The number of hydrogen-bond acceptors (Lipinski definition) is 5. The van der Waals surface area contributed by atoms with Crippen LogP contribution in [-0.4, -0.2) is 45.5 Å². The molecule has 1 aliphatic heterocycles. The zero-order valence-corrected chi connectivity index (χ0v) is 19.3. The summed E-state index contributed by atoms with van der Waals surface area (Å²) in [6, 6.07) is 7.36. The van der Waals surface area contributed by atoms with Crippen LogP contribution in [-0.2, 0) is 6.18 Å². The Kier molecular flexibility index (Phi) is 6.39. The van der Waals surface area contributed by atoms with Crippen LogP contribution in [0.25, 0.3) is 10.9 Å². The summed E-state index contributed by atoms with van der Waals surface area (Å²) in [4.78, 5) is 18.6. The highest BCUT2D eigenvalue weighted by atomic mass is 19.4. The van der Waals surface area contributed by atoms with E-state index in [1.54, 1.807) is 0 Å². The molecule has 0 unspecified atom stereocenters. The first-order valence-corrected chi connectivity index (χ1v) is 12.1. The summed E-state index contributed by atoms with van der Waals surface area (Å²) in [5, 5.41) is 17.9. The number of pyridine rings is 1. The molecule has 1 aliphatic carbocycles. The van der Waals surface area contributed by atoms with E-state index in [0.29, 0.717) is 11.6 Å². The molecule has 35 heavy (non-hydrogen) atoms. The highest BCUT2D eigenvalue weighted by Crippen LogP contribution is 2.36. The third kappa shape index (κ3) is 4.98. The van der Waals surface area contributed by atoms with Gasteiger partial charge in [0, 0.05) is 31.3 Å². The smallest absolute Gasteiger partial charge is 0.396 e. The molecule has 1 saturated heterocycles. The van der Waals surface area contributed by atoms with Crippen molar-refractivity contribution < 1.29 is 23.1 Å². The first kappa shape index (κ1) is 23.6. The Bertz CT molecular complexity index is 1210. The molecule has 186 valence electrons. The normalized spacial score (nSPS) is 21.0. The lowest BCUT2D eigenvalue weighted by molar-refractivity contribution is -0.141. The maximum Gasteiger partial charge on any atom is 0.433 e. The second-order valence-electron chi connectivity index (χ2n) is 9.45. The Labute approximate surface area is 200 Å². The zero-order chi connectivity index (χ0) is 24.6. The number of anilines is 2. The summed E-state index contributed by atoms with van der Waals surface area (Å²) in [7, 11) is 0. The van der Waals surface area contributed by atoms with Gasteiger partial charge in [0.1, 0.15) is 11.4 Å². The third-order valence-electron chi connectivity index (χ3n) is 7.06. The highest BCUT2D eigenvalue weighted by molar-refractivity contribution is 6.06. The molecule has 1 aromatic carbocycles. The molecule has 2 N–H and O–H groups in total. The van der Waals surface area contributed by atoms with Crippen LogP contribution in [0.4, 0.5) is 24.5 Å². The number of carbonyl (C=O) groups is 1. The van der Waals surface area contributed by atoms with Gasteiger partial charge in [0.15, 0.2) is 0 Å². The molecule has 0 bridgehead atoms. The number of hydrogen-bond donors (Lipinski definition) is 2. The quantitative estimate of drug-likeness (QED) is 0.528. The van der Waals surface area contributed by atoms with Crippen LogP contribution >= 0.6 is 0 Å². The molecule has 0 spiro atoms. The number of aromatic nitrogens is 3. The van der Waals surface area contributed by atoms with Crippen molar-refractivity contribution in [1.82, 2.24) is 14.8 Å². The minimum Gasteiger partial charge on any atom is -0.396 e. The molecule has 10 heteroatoms. The second kappa shape index (κ2) is 9.49. The third-order valence-corrected chi connectivity index (χ3v) is 7.06. The number of nitrogens with zero attached hydrogens (tertiary/aromatic N) is 4. The molecule has 1 amide bonds. The topological polar surface area (TPSA) is 83.3 Å². The van der Waals surface area contributed by atoms with E-state index in [4.69, 9.17) is 5.10 Å². The van der Waals surface area contributed by atoms with Gasteiger partial charge < -0.3 is 15.3 Å². The van der Waals surface area contributed by atoms with Crippen molar-refractivity contribution in [3.8, 4) is 0 Å². The molecule has 0 atom stereocenters. The van der Waals surface area contributed by atoms with E-state index in [1.165, 1.54) is 12.1 Å². The molecule has 3 aromatic rings. The van der Waals surface area contributed by atoms with E-state index >= 15 is 0 Å². The lowest BCUT2D eigenvalue weighted by Gasteiger charge is -2.27. The average Bonchev–Trinajstić information content (AvgIpc) is 3.53. The van der Waals surface area contributed by atoms with E-state index in [1.807, 2.05) is 23.0 Å². The highest BCUT2D eigenvalue weighted by Gasteiger charge is 2.33. The van der Waals surface area contributed by atoms with Crippen LogP contribution in [0.2, 0.25) is 0 Å². The van der Waals surface area contributed by atoms with Crippen molar-refractivity contribution in [2.75, 3.05) is 29.9 Å². The number of amides is 1. The molecule has 2 fully saturated rings. The van der Waals surface area contributed by atoms with Crippen molar-refractivity contribution >= 4 is 28.2 Å². The molecule has 2 aliphatic rings. The molecule has 7 nitrogen and oxygen atoms in total. The molecule has 5 rings (SSSR count). The van der Waals surface area contributed by atoms with Gasteiger partial charge in [-0.2, -0.15) is 18.3 Å². The first-order chi connectivity index (χ1) is 16.8. The fraction of sp³-hybridized carbons (Fsp3) is 0.480. The van der Waals surface area contributed by atoms with Gasteiger partial charge in [0.25, 0.3) is 5.91 Å². The Morgan fingerprint density at radius 2 is 1.86 bits per heavy atom. The van der Waals surface area contributed by atoms with Crippen LogP contribution in [0.3, 0.4) is 0 Å². The lowest BCUT2D eigenvalue weighted by atomic mass is 9.87. The maximum absolute atomic E-state index is 13.1. The zero-order valence-electron chi connectivity index (χ0n) is 19.3. The van der Waals surface area contributed by atoms with Crippen molar-refractivity contribution in [1.29, 1.82) is 0 Å². The molecule has 0 radical (unpaired) electrons. The molecule has 3 heterocycles. The minimum atomic E-state index is -4.62. The Hall–Kier alpha value is -3.14. The number of halogens is 3. The number of rotatable bonds is 5. The largest absolute Gasteiger partial charge is 0.433 e. The summed E-state index contributed by atoms with van der Waals surface area (Å²) in [6.45, 7) is 1.89. The molecule has 2 aromatic heterocycles. The van der Waals surface area contributed by atoms with Gasteiger partial charge in [-0.05, 0) is 68.7 Å². The summed E-state index contributed by atoms with van der Waals surface area (Å²) in [5.74, 6) is -0.338. The van der Waals surface area contributed by atoms with Gasteiger partial charge in [-0.1, -0.05) is 6.07 Å². The number of alkyl halides is 3. The van der Waals surface area contributed by atoms with Crippen LogP contribution < -0.4 is 10.2 Å². The Morgan fingerprint density at radius 3 is 2.54 bits per heavy atom. The van der Waals surface area contributed by atoms with Gasteiger partial charge >= 0.3 is 6.18 Å². The summed E-state index contributed by atoms with van der Waals surface area (Å²) in [5.41, 5.74) is 0.768. The van der Waals surface area contributed by atoms with Gasteiger partial charge in [0.2, 0.25) is 0 Å². The number of carbonyl (C=O) groups excluding carboxylic acids is 1. The van der Waals surface area contributed by atoms with E-state index < -0.39 is 17.8 Å². The Balaban J connectivity index is 1.45. The number of benzene rings is 1. The van der Waals surface area contributed by atoms with E-state index in [-0.39, 0.29) is 18.3 Å². The maximum atomic E-state index is 13.1. The predicted molar refractivity (Wildman–Crippen MR) is 126 cm³/mol. The lowest BCUT2D eigenvalue weighted by Crippen LogP contribution is -2.22. The molecular formula is C25H28F3N5O2. The average molecular weight is 488 g/mol. The number of fused-ring (bicyclic) bond motifs is 1. The fourth-order valence-electron chi connectivity index (χ4n) is 5.08. The van der Waals surface area contributed by atoms with Crippen molar-refractivity contribution in [2.24, 2.45) is 5.92 Å². The van der Waals surface area contributed by atoms with E-state index in [9.17, 15) is 23.1 Å². The number of aliphatic hydroxyl groups is 1. The monoisotopic (exact) mass is 487 g/mol. The number of aliphatic hydroxyl groups excluding tert-OH is 1. The van der Waals surface area contributed by atoms with Crippen LogP contribution in [0.15, 0.2) is 36.5 Å². The predicted octanol–water partition coefficient (Wildman–Crippen LogP) is 5.03. The van der Waals surface area contributed by atoms with Crippen LogP contribution in [0.5, 0.6) is 0 Å². The van der Waals surface area contributed by atoms with Crippen molar-refractivity contribution in [3.05, 3.63) is 47.9 Å². The van der Waals surface area contributed by atoms with Gasteiger partial charge in [-0.25, -0.2) is 4.98 Å². The second-order valence-corrected chi connectivity index (χ2v) is 9.45. The van der Waals surface area contributed by atoms with Crippen molar-refractivity contribution in [3.63, 3.8) is 0 Å². The Morgan fingerprint density at radius 1 is 1.11 bits per heavy atom. The van der Waals surface area contributed by atoms with Crippen LogP contribution in [0.1, 0.15) is 60.7 Å². The minimum absolute atomic E-state index is 0.219. The SMILES string of the molecule is O=C(Nc1cc2cn([C@H]3CC[C@H](CO)CC3)nc2cc1N1CCCC1)c1cccc(C(F)(F)F)n1. The van der Waals surface area contributed by atoms with Crippen molar-refractivity contribution in [2.45, 2.75) is 50.7 Å². The van der Waals surface area contributed by atoms with Crippen LogP contribution in [0, 0.1) is 5.92 Å². The van der Waals surface area contributed by atoms with Gasteiger partial charge in [-0.3, -0.25) is 9.48 Å². The molecule has 1 saturated carbocycles. The number of nitrogens with one attached hydrogen (secondary N) is 1. The van der Waals surface area contributed by atoms with E-state index in [0.717, 1.165) is 74.3 Å². The van der Waals surface area contributed by atoms with Gasteiger partial charge in [-0.15, -0.1) is 0 Å². The standard InChI is InChI=1S/C25H28F3N5O2/c26-25(27,28)23-5-3-4-19(29-23)24(35)30-21-12-17-14-33(18-8-6-16(15-34)7-9-18)31-20(17)13-22(21)32-10-1-2-11-32/h3-5,12-14,16,18,34H,1-2,6-11,15H2,(H,30,35)/t16-,18-. The fourth-order valence-corrected chi connectivity index (χ4v) is 5.08. The molecular weight excluding hydrogens is 459 g/mol. The first-order valence-electron chi connectivity index (χ1n) is 12.1. The summed E-state index contributed by atoms with van der Waals surface area (Å²) < 4.78 is 41.2.